The van der Waals surface area contributed by atoms with Crippen molar-refractivity contribution >= 4 is 28.2 Å². The minimum absolute atomic E-state index is 0.220. The lowest BCUT2D eigenvalue weighted by Gasteiger charge is -2.33. The van der Waals surface area contributed by atoms with E-state index in [1.807, 2.05) is 60.7 Å². The van der Waals surface area contributed by atoms with Crippen molar-refractivity contribution in [2.24, 2.45) is 0 Å². The summed E-state index contributed by atoms with van der Waals surface area (Å²) in [6.45, 7) is 4.76. The maximum Gasteiger partial charge on any atom is 0.164 e. The third-order valence-corrected chi connectivity index (χ3v) is 10.6. The number of para-hydroxylation sites is 1. The zero-order valence-corrected chi connectivity index (χ0v) is 29.0. The van der Waals surface area contributed by atoms with Crippen molar-refractivity contribution in [3.05, 3.63) is 181 Å². The van der Waals surface area contributed by atoms with Crippen LogP contribution in [0.4, 0.5) is 11.4 Å². The molecule has 8 aromatic rings. The van der Waals surface area contributed by atoms with Crippen molar-refractivity contribution in [2.45, 2.75) is 19.3 Å². The van der Waals surface area contributed by atoms with Crippen molar-refractivity contribution in [1.82, 2.24) is 15.0 Å². The third kappa shape index (κ3) is 4.72. The molecule has 1 aliphatic carbocycles. The molecule has 0 N–H and O–H groups in total. The van der Waals surface area contributed by atoms with E-state index in [9.17, 15) is 0 Å². The van der Waals surface area contributed by atoms with E-state index in [4.69, 9.17) is 15.0 Å². The fraction of sp³-hybridized carbons (Fsp3) is 0.0625. The second kappa shape index (κ2) is 11.7. The average molecular weight is 667 g/mol. The Kier molecular flexibility index (Phi) is 6.80. The van der Waals surface area contributed by atoms with Gasteiger partial charge in [0.15, 0.2) is 17.5 Å². The number of benzene rings is 7. The first-order valence-electron chi connectivity index (χ1n) is 17.8. The zero-order chi connectivity index (χ0) is 34.8. The Hall–Kier alpha value is -6.65. The topological polar surface area (TPSA) is 41.9 Å². The van der Waals surface area contributed by atoms with Gasteiger partial charge in [0.05, 0.1) is 5.69 Å². The fourth-order valence-corrected chi connectivity index (χ4v) is 8.18. The molecule has 10 rings (SSSR count). The van der Waals surface area contributed by atoms with Crippen LogP contribution < -0.4 is 4.90 Å². The molecule has 4 nitrogen and oxygen atoms in total. The van der Waals surface area contributed by atoms with Crippen LogP contribution in [0.2, 0.25) is 0 Å². The van der Waals surface area contributed by atoms with Crippen molar-refractivity contribution < 1.29 is 0 Å². The molecule has 1 aliphatic heterocycles. The molecule has 0 spiro atoms. The van der Waals surface area contributed by atoms with Gasteiger partial charge in [-0.3, -0.25) is 0 Å². The van der Waals surface area contributed by atoms with Crippen LogP contribution in [0, 0.1) is 0 Å². The van der Waals surface area contributed by atoms with Crippen molar-refractivity contribution in [1.29, 1.82) is 0 Å². The highest BCUT2D eigenvalue weighted by atomic mass is 15.1. The minimum atomic E-state index is -0.220. The SMILES string of the molecule is CC1(C)c2cccc(-c3ccc(-c4nc(-c5ccccc5)nc(-c5ccccc5)n4)cc3)c2-c2cc3cccc4c3c(c21)N(c1ccccc1)C=C4. The second-order valence-corrected chi connectivity index (χ2v) is 14.1. The molecule has 0 bridgehead atoms. The lowest BCUT2D eigenvalue weighted by molar-refractivity contribution is 0.661. The summed E-state index contributed by atoms with van der Waals surface area (Å²) in [7, 11) is 0. The molecule has 4 heteroatoms. The van der Waals surface area contributed by atoms with Crippen LogP contribution in [-0.2, 0) is 5.41 Å². The molecule has 0 radical (unpaired) electrons. The summed E-state index contributed by atoms with van der Waals surface area (Å²) in [5.41, 5.74) is 14.0. The van der Waals surface area contributed by atoms with Crippen LogP contribution in [-0.4, -0.2) is 15.0 Å². The Morgan fingerprint density at radius 3 is 1.69 bits per heavy atom. The molecule has 52 heavy (non-hydrogen) atoms. The van der Waals surface area contributed by atoms with E-state index in [0.717, 1.165) is 27.9 Å². The maximum absolute atomic E-state index is 4.97. The van der Waals surface area contributed by atoms with E-state index < -0.39 is 0 Å². The monoisotopic (exact) mass is 666 g/mol. The van der Waals surface area contributed by atoms with E-state index in [0.29, 0.717) is 17.5 Å². The first-order valence-corrected chi connectivity index (χ1v) is 17.8. The molecule has 0 saturated heterocycles. The Morgan fingerprint density at radius 1 is 0.500 bits per heavy atom. The summed E-state index contributed by atoms with van der Waals surface area (Å²) in [6, 6.07) is 55.6. The molecular weight excluding hydrogens is 633 g/mol. The molecule has 2 aliphatic rings. The number of rotatable bonds is 5. The Balaban J connectivity index is 1.12. The van der Waals surface area contributed by atoms with Crippen LogP contribution in [0.25, 0.3) is 73.3 Å². The summed E-state index contributed by atoms with van der Waals surface area (Å²) in [5, 5.41) is 2.56. The molecule has 0 fully saturated rings. The first-order chi connectivity index (χ1) is 25.5. The summed E-state index contributed by atoms with van der Waals surface area (Å²) < 4.78 is 0. The van der Waals surface area contributed by atoms with Gasteiger partial charge in [0.1, 0.15) is 0 Å². The molecule has 2 heterocycles. The van der Waals surface area contributed by atoms with Crippen molar-refractivity contribution in [3.8, 4) is 56.4 Å². The minimum Gasteiger partial charge on any atom is -0.316 e. The summed E-state index contributed by atoms with van der Waals surface area (Å²) in [5.74, 6) is 1.97. The quantitative estimate of drug-likeness (QED) is 0.183. The summed E-state index contributed by atoms with van der Waals surface area (Å²) in [6.07, 6.45) is 4.48. The molecular formula is C48H34N4. The highest BCUT2D eigenvalue weighted by molar-refractivity contribution is 6.12. The zero-order valence-electron chi connectivity index (χ0n) is 29.0. The Bertz CT molecular complexity index is 2620. The third-order valence-electron chi connectivity index (χ3n) is 10.6. The lowest BCUT2D eigenvalue weighted by Crippen LogP contribution is -2.21. The summed E-state index contributed by atoms with van der Waals surface area (Å²) in [4.78, 5) is 17.2. The maximum atomic E-state index is 4.97. The van der Waals surface area contributed by atoms with E-state index in [2.05, 4.69) is 128 Å². The molecule has 246 valence electrons. The van der Waals surface area contributed by atoms with Crippen LogP contribution in [0.5, 0.6) is 0 Å². The first kappa shape index (κ1) is 30.2. The molecule has 1 aromatic heterocycles. The van der Waals surface area contributed by atoms with Gasteiger partial charge in [-0.1, -0.05) is 153 Å². The van der Waals surface area contributed by atoms with Gasteiger partial charge in [-0.15, -0.1) is 0 Å². The van der Waals surface area contributed by atoms with Gasteiger partial charge in [0.25, 0.3) is 0 Å². The standard InChI is InChI=1S/C48H34N4/c1-48(2)40-23-13-22-38(42(40)39-30-36-19-12-18-32-28-29-52(37-20-10-5-11-21-37)44(41(32)36)43(39)48)31-24-26-35(27-25-31)47-50-45(33-14-6-3-7-15-33)49-46(51-47)34-16-8-4-9-17-34/h3-30H,1-2H3. The van der Waals surface area contributed by atoms with Crippen LogP contribution >= 0.6 is 0 Å². The molecule has 0 atom stereocenters. The fourth-order valence-electron chi connectivity index (χ4n) is 8.18. The summed E-state index contributed by atoms with van der Waals surface area (Å²) >= 11 is 0. The highest BCUT2D eigenvalue weighted by Gasteiger charge is 2.41. The van der Waals surface area contributed by atoms with E-state index in [-0.39, 0.29) is 5.41 Å². The second-order valence-electron chi connectivity index (χ2n) is 14.1. The number of hydrogen-bond donors (Lipinski definition) is 0. The van der Waals surface area contributed by atoms with Crippen molar-refractivity contribution in [3.63, 3.8) is 0 Å². The highest BCUT2D eigenvalue weighted by Crippen LogP contribution is 2.58. The molecule has 0 unspecified atom stereocenters. The van der Waals surface area contributed by atoms with E-state index in [1.54, 1.807) is 0 Å². The number of anilines is 2. The Labute approximate surface area is 303 Å². The number of nitrogens with zero attached hydrogens (tertiary/aromatic N) is 4. The van der Waals surface area contributed by atoms with Gasteiger partial charge >= 0.3 is 0 Å². The van der Waals surface area contributed by atoms with Gasteiger partial charge in [0, 0.05) is 39.4 Å². The normalized spacial score (nSPS) is 13.6. The van der Waals surface area contributed by atoms with E-state index in [1.165, 1.54) is 49.8 Å². The van der Waals surface area contributed by atoms with Crippen LogP contribution in [0.3, 0.4) is 0 Å². The van der Waals surface area contributed by atoms with Crippen LogP contribution in [0.15, 0.2) is 164 Å². The Morgan fingerprint density at radius 2 is 1.06 bits per heavy atom. The van der Waals surface area contributed by atoms with Gasteiger partial charge < -0.3 is 4.90 Å². The lowest BCUT2D eigenvalue weighted by atomic mass is 9.79. The predicted octanol–water partition coefficient (Wildman–Crippen LogP) is 12.1. The number of hydrogen-bond acceptors (Lipinski definition) is 4. The van der Waals surface area contributed by atoms with Crippen LogP contribution in [0.1, 0.15) is 30.5 Å². The van der Waals surface area contributed by atoms with Crippen molar-refractivity contribution in [2.75, 3.05) is 4.90 Å². The average Bonchev–Trinajstić information content (AvgIpc) is 3.44. The number of aromatic nitrogens is 3. The smallest absolute Gasteiger partial charge is 0.164 e. The van der Waals surface area contributed by atoms with E-state index >= 15 is 0 Å². The largest absolute Gasteiger partial charge is 0.316 e. The molecule has 0 saturated carbocycles. The molecule has 7 aromatic carbocycles. The predicted molar refractivity (Wildman–Crippen MR) is 214 cm³/mol. The van der Waals surface area contributed by atoms with Gasteiger partial charge in [-0.05, 0) is 68.6 Å². The van der Waals surface area contributed by atoms with Gasteiger partial charge in [-0.2, -0.15) is 0 Å². The number of fused-ring (bicyclic) bond motifs is 4. The van der Waals surface area contributed by atoms with Gasteiger partial charge in [-0.25, -0.2) is 15.0 Å². The van der Waals surface area contributed by atoms with Gasteiger partial charge in [0.2, 0.25) is 0 Å². The molecule has 0 amide bonds.